The third kappa shape index (κ3) is 7.72. The average Bonchev–Trinajstić information content (AvgIpc) is 2.25. The molecule has 0 aromatic rings. The van der Waals surface area contributed by atoms with Gasteiger partial charge in [0.05, 0.1) is 12.2 Å². The van der Waals surface area contributed by atoms with Crippen LogP contribution in [0.2, 0.25) is 0 Å². The predicted molar refractivity (Wildman–Crippen MR) is 63.2 cm³/mol. The summed E-state index contributed by atoms with van der Waals surface area (Å²) < 4.78 is 59.0. The van der Waals surface area contributed by atoms with Gasteiger partial charge in [0.2, 0.25) is 0 Å². The molecule has 0 radical (unpaired) electrons. The minimum atomic E-state index is -4.63. The molecular formula is C11H15F3O4S. The van der Waals surface area contributed by atoms with Crippen molar-refractivity contribution < 1.29 is 31.5 Å². The minimum Gasteiger partial charge on any atom is -0.480 e. The normalized spacial score (nSPS) is 13.8. The summed E-state index contributed by atoms with van der Waals surface area (Å²) in [4.78, 5) is 10.8. The molecule has 19 heavy (non-hydrogen) atoms. The van der Waals surface area contributed by atoms with Gasteiger partial charge in [-0.2, -0.15) is 13.2 Å². The molecule has 0 aliphatic rings. The second-order valence-corrected chi connectivity index (χ2v) is 6.31. The van der Waals surface area contributed by atoms with E-state index in [-0.39, 0.29) is 12.8 Å². The van der Waals surface area contributed by atoms with E-state index in [0.717, 1.165) is 0 Å². The molecule has 0 amide bonds. The Bertz CT molecular complexity index is 434. The highest BCUT2D eigenvalue weighted by Crippen LogP contribution is 2.22. The first kappa shape index (κ1) is 17.8. The Labute approximate surface area is 109 Å². The fraction of sp³-hybridized carbons (Fsp3) is 0.727. The second kappa shape index (κ2) is 7.38. The maximum Gasteiger partial charge on any atom is 0.390 e. The summed E-state index contributed by atoms with van der Waals surface area (Å²) in [6, 6.07) is 0. The summed E-state index contributed by atoms with van der Waals surface area (Å²) in [5, 5.41) is 7.00. The molecule has 1 unspecified atom stereocenters. The highest BCUT2D eigenvalue weighted by atomic mass is 32.2. The largest absolute Gasteiger partial charge is 0.480 e. The lowest BCUT2D eigenvalue weighted by molar-refractivity contribution is -0.137. The number of carboxylic acids is 1. The lowest BCUT2D eigenvalue weighted by atomic mass is 10.1. The quantitative estimate of drug-likeness (QED) is 0.550. The first-order valence-corrected chi connectivity index (χ1v) is 7.26. The van der Waals surface area contributed by atoms with Gasteiger partial charge in [-0.05, 0) is 12.8 Å². The average molecular weight is 300 g/mol. The maximum atomic E-state index is 12.0. The number of terminal acetylenes is 1. The summed E-state index contributed by atoms with van der Waals surface area (Å²) in [6.45, 7) is 0. The van der Waals surface area contributed by atoms with E-state index in [4.69, 9.17) is 11.5 Å². The Balaban J connectivity index is 4.60. The molecule has 0 rings (SSSR count). The Morgan fingerprint density at radius 2 is 1.89 bits per heavy atom. The highest BCUT2D eigenvalue weighted by molar-refractivity contribution is 7.92. The highest BCUT2D eigenvalue weighted by Gasteiger charge is 2.36. The van der Waals surface area contributed by atoms with Gasteiger partial charge in [-0.1, -0.05) is 6.42 Å². The van der Waals surface area contributed by atoms with Crippen LogP contribution in [0.15, 0.2) is 0 Å². The molecular weight excluding hydrogens is 285 g/mol. The number of rotatable bonds is 8. The van der Waals surface area contributed by atoms with Crippen molar-refractivity contribution in [2.75, 3.05) is 5.75 Å². The first-order valence-electron chi connectivity index (χ1n) is 5.55. The third-order valence-corrected chi connectivity index (χ3v) is 4.49. The molecule has 0 heterocycles. The molecule has 0 aromatic carbocycles. The SMILES string of the molecule is C#CCCCCC(C(=O)O)S(=O)(=O)CCC(F)(F)F. The van der Waals surface area contributed by atoms with Crippen LogP contribution in [0, 0.1) is 12.3 Å². The van der Waals surface area contributed by atoms with Crippen LogP contribution in [0.25, 0.3) is 0 Å². The Kier molecular flexibility index (Phi) is 6.90. The zero-order valence-corrected chi connectivity index (χ0v) is 10.9. The van der Waals surface area contributed by atoms with Crippen molar-refractivity contribution in [2.45, 2.75) is 43.5 Å². The van der Waals surface area contributed by atoms with E-state index >= 15 is 0 Å². The molecule has 0 saturated heterocycles. The number of sulfone groups is 1. The van der Waals surface area contributed by atoms with Crippen LogP contribution in [0.5, 0.6) is 0 Å². The summed E-state index contributed by atoms with van der Waals surface area (Å²) >= 11 is 0. The van der Waals surface area contributed by atoms with E-state index in [1.807, 2.05) is 0 Å². The third-order valence-electron chi connectivity index (χ3n) is 2.42. The van der Waals surface area contributed by atoms with Crippen LogP contribution >= 0.6 is 0 Å². The van der Waals surface area contributed by atoms with E-state index in [1.165, 1.54) is 0 Å². The van der Waals surface area contributed by atoms with Crippen LogP contribution in [-0.2, 0) is 14.6 Å². The summed E-state index contributed by atoms with van der Waals surface area (Å²) in [7, 11) is -4.31. The predicted octanol–water partition coefficient (Wildman–Crippen LogP) is 2.00. The van der Waals surface area contributed by atoms with Crippen molar-refractivity contribution in [1.82, 2.24) is 0 Å². The number of hydrogen-bond acceptors (Lipinski definition) is 3. The van der Waals surface area contributed by atoms with E-state index in [0.29, 0.717) is 12.8 Å². The molecule has 0 bridgehead atoms. The lowest BCUT2D eigenvalue weighted by Crippen LogP contribution is -2.33. The molecule has 0 saturated carbocycles. The molecule has 1 N–H and O–H groups in total. The van der Waals surface area contributed by atoms with Gasteiger partial charge < -0.3 is 5.11 Å². The van der Waals surface area contributed by atoms with E-state index in [9.17, 15) is 26.4 Å². The number of halogens is 3. The van der Waals surface area contributed by atoms with Gasteiger partial charge in [-0.25, -0.2) is 8.42 Å². The van der Waals surface area contributed by atoms with Gasteiger partial charge in [0.15, 0.2) is 15.1 Å². The molecule has 0 aromatic heterocycles. The maximum absolute atomic E-state index is 12.0. The molecule has 0 aliphatic carbocycles. The molecule has 0 aliphatic heterocycles. The zero-order valence-electron chi connectivity index (χ0n) is 10.1. The van der Waals surface area contributed by atoms with Gasteiger partial charge in [0.1, 0.15) is 0 Å². The smallest absolute Gasteiger partial charge is 0.390 e. The fourth-order valence-electron chi connectivity index (χ4n) is 1.41. The number of alkyl halides is 3. The van der Waals surface area contributed by atoms with E-state index in [1.54, 1.807) is 0 Å². The Morgan fingerprint density at radius 1 is 1.32 bits per heavy atom. The van der Waals surface area contributed by atoms with Crippen LogP contribution in [0.1, 0.15) is 32.1 Å². The minimum absolute atomic E-state index is 0.225. The molecule has 0 spiro atoms. The van der Waals surface area contributed by atoms with Crippen LogP contribution in [-0.4, -0.2) is 36.7 Å². The number of carboxylic acid groups (broad SMARTS) is 1. The van der Waals surface area contributed by atoms with Crippen molar-refractivity contribution >= 4 is 15.8 Å². The van der Waals surface area contributed by atoms with Crippen LogP contribution in [0.3, 0.4) is 0 Å². The number of unbranched alkanes of at least 4 members (excludes halogenated alkanes) is 2. The van der Waals surface area contributed by atoms with Gasteiger partial charge >= 0.3 is 12.1 Å². The topological polar surface area (TPSA) is 71.4 Å². The molecule has 1 atom stereocenters. The van der Waals surface area contributed by atoms with Gasteiger partial charge in [-0.15, -0.1) is 12.3 Å². The van der Waals surface area contributed by atoms with Gasteiger partial charge in [0.25, 0.3) is 0 Å². The number of carbonyl (C=O) groups is 1. The van der Waals surface area contributed by atoms with Crippen molar-refractivity contribution in [3.8, 4) is 12.3 Å². The monoisotopic (exact) mass is 300 g/mol. The van der Waals surface area contributed by atoms with Crippen LogP contribution < -0.4 is 0 Å². The molecule has 110 valence electrons. The van der Waals surface area contributed by atoms with Crippen molar-refractivity contribution in [3.05, 3.63) is 0 Å². The van der Waals surface area contributed by atoms with E-state index < -0.39 is 39.4 Å². The summed E-state index contributed by atoms with van der Waals surface area (Å²) in [5.74, 6) is -0.519. The van der Waals surface area contributed by atoms with Crippen molar-refractivity contribution in [2.24, 2.45) is 0 Å². The number of aliphatic carboxylic acids is 1. The standard InChI is InChI=1S/C11H15F3O4S/c1-2-3-4-5-6-9(10(15)16)19(17,18)8-7-11(12,13)14/h1,9H,3-8H2,(H,15,16). The molecule has 4 nitrogen and oxygen atoms in total. The molecule has 8 heteroatoms. The van der Waals surface area contributed by atoms with Crippen molar-refractivity contribution in [3.63, 3.8) is 0 Å². The Hall–Kier alpha value is -1.23. The zero-order chi connectivity index (χ0) is 15.1. The van der Waals surface area contributed by atoms with Crippen molar-refractivity contribution in [1.29, 1.82) is 0 Å². The summed E-state index contributed by atoms with van der Waals surface area (Å²) in [6.07, 6.45) is -0.360. The fourth-order valence-corrected chi connectivity index (χ4v) is 3.05. The summed E-state index contributed by atoms with van der Waals surface area (Å²) in [5.41, 5.74) is 0. The first-order chi connectivity index (χ1) is 8.60. The molecule has 0 fully saturated rings. The lowest BCUT2D eigenvalue weighted by Gasteiger charge is -2.14. The Morgan fingerprint density at radius 3 is 2.32 bits per heavy atom. The van der Waals surface area contributed by atoms with Gasteiger partial charge in [-0.3, -0.25) is 4.79 Å². The van der Waals surface area contributed by atoms with E-state index in [2.05, 4.69) is 5.92 Å². The van der Waals surface area contributed by atoms with Gasteiger partial charge in [0, 0.05) is 6.42 Å². The van der Waals surface area contributed by atoms with Crippen LogP contribution in [0.4, 0.5) is 13.2 Å². The number of hydrogen-bond donors (Lipinski definition) is 1. The second-order valence-electron chi connectivity index (χ2n) is 4.01.